The molecule has 0 radical (unpaired) electrons. The van der Waals surface area contributed by atoms with E-state index in [4.69, 9.17) is 5.73 Å². The number of rotatable bonds is 5. The summed E-state index contributed by atoms with van der Waals surface area (Å²) >= 11 is 1.43. The topological polar surface area (TPSA) is 112 Å². The molecule has 0 aliphatic rings. The number of aromatic nitrogens is 5. The summed E-state index contributed by atoms with van der Waals surface area (Å²) in [5.41, 5.74) is 7.76. The van der Waals surface area contributed by atoms with Crippen LogP contribution in [-0.2, 0) is 13.0 Å². The summed E-state index contributed by atoms with van der Waals surface area (Å²) in [5.74, 6) is 0.822. The third-order valence-electron chi connectivity index (χ3n) is 4.11. The van der Waals surface area contributed by atoms with Crippen LogP contribution >= 0.6 is 11.3 Å². The third kappa shape index (κ3) is 3.49. The number of para-hydroxylation sites is 1. The first-order valence-electron chi connectivity index (χ1n) is 8.42. The van der Waals surface area contributed by atoms with E-state index in [0.29, 0.717) is 22.0 Å². The van der Waals surface area contributed by atoms with Crippen molar-refractivity contribution in [1.29, 1.82) is 0 Å². The molecule has 1 aromatic carbocycles. The predicted octanol–water partition coefficient (Wildman–Crippen LogP) is 2.58. The normalized spacial score (nSPS) is 11.0. The molecule has 4 aromatic rings. The van der Waals surface area contributed by atoms with Gasteiger partial charge in [0.2, 0.25) is 11.9 Å². The van der Waals surface area contributed by atoms with Gasteiger partial charge in [-0.3, -0.25) is 9.36 Å². The van der Waals surface area contributed by atoms with Crippen LogP contribution in [0.4, 0.5) is 17.6 Å². The minimum atomic E-state index is -0.133. The van der Waals surface area contributed by atoms with Gasteiger partial charge in [0, 0.05) is 5.69 Å². The van der Waals surface area contributed by atoms with Crippen molar-refractivity contribution in [2.75, 3.05) is 11.1 Å². The smallest absolute Gasteiger partial charge is 0.262 e. The molecule has 9 heteroatoms. The van der Waals surface area contributed by atoms with Crippen molar-refractivity contribution >= 4 is 39.1 Å². The van der Waals surface area contributed by atoms with Crippen LogP contribution in [0.1, 0.15) is 18.3 Å². The van der Waals surface area contributed by atoms with Crippen LogP contribution in [0.3, 0.4) is 0 Å². The number of fused-ring (bicyclic) bond motifs is 1. The summed E-state index contributed by atoms with van der Waals surface area (Å²) < 4.78 is 1.47. The summed E-state index contributed by atoms with van der Waals surface area (Å²) in [7, 11) is 0. The third-order valence-corrected chi connectivity index (χ3v) is 4.93. The largest absolute Gasteiger partial charge is 0.368 e. The first kappa shape index (κ1) is 17.1. The zero-order chi connectivity index (χ0) is 18.8. The maximum Gasteiger partial charge on any atom is 0.262 e. The molecule has 0 spiro atoms. The molecular weight excluding hydrogens is 362 g/mol. The number of nitrogen functional groups attached to an aromatic ring is 1. The van der Waals surface area contributed by atoms with Gasteiger partial charge in [-0.05, 0) is 29.5 Å². The number of nitrogens with one attached hydrogen (secondary N) is 1. The fourth-order valence-corrected chi connectivity index (χ4v) is 3.52. The van der Waals surface area contributed by atoms with E-state index in [0.717, 1.165) is 17.7 Å². The van der Waals surface area contributed by atoms with E-state index in [1.165, 1.54) is 22.2 Å². The lowest BCUT2D eigenvalue weighted by atomic mass is 10.1. The molecule has 3 N–H and O–H groups in total. The number of hydrogen-bond acceptors (Lipinski definition) is 8. The highest BCUT2D eigenvalue weighted by Crippen LogP contribution is 2.19. The van der Waals surface area contributed by atoms with Crippen LogP contribution in [0, 0.1) is 0 Å². The van der Waals surface area contributed by atoms with Gasteiger partial charge in [-0.15, -0.1) is 11.3 Å². The number of thiophene rings is 1. The van der Waals surface area contributed by atoms with Gasteiger partial charge in [0.25, 0.3) is 5.56 Å². The molecule has 3 aromatic heterocycles. The van der Waals surface area contributed by atoms with Gasteiger partial charge in [0.05, 0.1) is 18.3 Å². The maximum atomic E-state index is 12.5. The van der Waals surface area contributed by atoms with E-state index in [2.05, 4.69) is 32.2 Å². The van der Waals surface area contributed by atoms with Crippen LogP contribution in [0.15, 0.2) is 46.8 Å². The van der Waals surface area contributed by atoms with E-state index < -0.39 is 0 Å². The number of aryl methyl sites for hydroxylation is 1. The Morgan fingerprint density at radius 1 is 1.19 bits per heavy atom. The van der Waals surface area contributed by atoms with Crippen LogP contribution in [0.5, 0.6) is 0 Å². The monoisotopic (exact) mass is 379 g/mol. The Kier molecular flexibility index (Phi) is 4.51. The van der Waals surface area contributed by atoms with E-state index in [-0.39, 0.29) is 18.1 Å². The van der Waals surface area contributed by atoms with Crippen LogP contribution in [0.25, 0.3) is 10.2 Å². The van der Waals surface area contributed by atoms with E-state index in [9.17, 15) is 4.79 Å². The van der Waals surface area contributed by atoms with Gasteiger partial charge >= 0.3 is 0 Å². The molecule has 0 aliphatic carbocycles. The van der Waals surface area contributed by atoms with Gasteiger partial charge in [0.1, 0.15) is 4.83 Å². The maximum absolute atomic E-state index is 12.5. The minimum Gasteiger partial charge on any atom is -0.368 e. The molecule has 0 saturated carbocycles. The standard InChI is InChI=1S/C18H17N7OS/c1-2-11-5-3-4-6-13(11)21-18-23-14(22-17(19)24-18)9-25-10-20-15-12(16(25)26)7-8-27-15/h3-8,10H,2,9H2,1H3,(H3,19,21,22,23,24). The average molecular weight is 379 g/mol. The highest BCUT2D eigenvalue weighted by Gasteiger charge is 2.10. The lowest BCUT2D eigenvalue weighted by Crippen LogP contribution is -2.22. The van der Waals surface area contributed by atoms with Gasteiger partial charge < -0.3 is 11.1 Å². The molecule has 3 heterocycles. The second-order valence-electron chi connectivity index (χ2n) is 5.89. The van der Waals surface area contributed by atoms with E-state index in [1.54, 1.807) is 6.07 Å². The second kappa shape index (κ2) is 7.12. The fourth-order valence-electron chi connectivity index (χ4n) is 2.79. The molecule has 0 fully saturated rings. The number of benzene rings is 1. The molecule has 0 amide bonds. The first-order chi connectivity index (χ1) is 13.1. The lowest BCUT2D eigenvalue weighted by Gasteiger charge is -2.11. The van der Waals surface area contributed by atoms with Crippen molar-refractivity contribution in [3.05, 3.63) is 63.8 Å². The summed E-state index contributed by atoms with van der Waals surface area (Å²) in [6.07, 6.45) is 2.37. The summed E-state index contributed by atoms with van der Waals surface area (Å²) in [6, 6.07) is 9.68. The Labute approximate surface area is 158 Å². The predicted molar refractivity (Wildman–Crippen MR) is 106 cm³/mol. The Balaban J connectivity index is 1.66. The Bertz CT molecular complexity index is 1170. The lowest BCUT2D eigenvalue weighted by molar-refractivity contribution is 0.704. The number of nitrogens with zero attached hydrogens (tertiary/aromatic N) is 5. The van der Waals surface area contributed by atoms with Gasteiger partial charge in [-0.2, -0.15) is 15.0 Å². The summed E-state index contributed by atoms with van der Waals surface area (Å²) in [5, 5.41) is 5.61. The van der Waals surface area contributed by atoms with Crippen molar-refractivity contribution in [2.24, 2.45) is 0 Å². The summed E-state index contributed by atoms with van der Waals surface area (Å²) in [4.78, 5) is 30.3. The molecule has 8 nitrogen and oxygen atoms in total. The van der Waals surface area contributed by atoms with Crippen molar-refractivity contribution in [3.8, 4) is 0 Å². The number of nitrogens with two attached hydrogens (primary N) is 1. The van der Waals surface area contributed by atoms with Crippen molar-refractivity contribution in [2.45, 2.75) is 19.9 Å². The Morgan fingerprint density at radius 3 is 2.89 bits per heavy atom. The van der Waals surface area contributed by atoms with Crippen LogP contribution in [-0.4, -0.2) is 24.5 Å². The van der Waals surface area contributed by atoms with Crippen LogP contribution in [0.2, 0.25) is 0 Å². The first-order valence-corrected chi connectivity index (χ1v) is 9.30. The molecule has 4 rings (SSSR count). The van der Waals surface area contributed by atoms with Crippen molar-refractivity contribution in [1.82, 2.24) is 24.5 Å². The summed E-state index contributed by atoms with van der Waals surface area (Å²) in [6.45, 7) is 2.24. The molecule has 0 saturated heterocycles. The SMILES string of the molecule is CCc1ccccc1Nc1nc(N)nc(Cn2cnc3sccc3c2=O)n1. The molecule has 0 unspecified atom stereocenters. The second-order valence-corrected chi connectivity index (χ2v) is 6.78. The highest BCUT2D eigenvalue weighted by molar-refractivity contribution is 7.16. The van der Waals surface area contributed by atoms with Crippen molar-refractivity contribution < 1.29 is 0 Å². The van der Waals surface area contributed by atoms with Gasteiger partial charge in [-0.1, -0.05) is 25.1 Å². The molecule has 27 heavy (non-hydrogen) atoms. The zero-order valence-electron chi connectivity index (χ0n) is 14.6. The zero-order valence-corrected chi connectivity index (χ0v) is 15.4. The Hall–Kier alpha value is -3.33. The van der Waals surface area contributed by atoms with E-state index >= 15 is 0 Å². The van der Waals surface area contributed by atoms with Gasteiger partial charge in [-0.25, -0.2) is 4.98 Å². The number of hydrogen-bond donors (Lipinski definition) is 2. The van der Waals surface area contributed by atoms with Crippen molar-refractivity contribution in [3.63, 3.8) is 0 Å². The molecule has 0 aliphatic heterocycles. The van der Waals surface area contributed by atoms with Gasteiger partial charge in [0.15, 0.2) is 5.82 Å². The molecular formula is C18H17N7OS. The molecule has 0 bridgehead atoms. The average Bonchev–Trinajstić information content (AvgIpc) is 3.14. The van der Waals surface area contributed by atoms with E-state index in [1.807, 2.05) is 29.6 Å². The van der Waals surface area contributed by atoms with Crippen LogP contribution < -0.4 is 16.6 Å². The number of anilines is 3. The Morgan fingerprint density at radius 2 is 2.04 bits per heavy atom. The fraction of sp³-hybridized carbons (Fsp3) is 0.167. The highest BCUT2D eigenvalue weighted by atomic mass is 32.1. The molecule has 0 atom stereocenters. The molecule has 136 valence electrons. The minimum absolute atomic E-state index is 0.0918. The quantitative estimate of drug-likeness (QED) is 0.548.